The summed E-state index contributed by atoms with van der Waals surface area (Å²) >= 11 is 0. The first kappa shape index (κ1) is 24.5. The van der Waals surface area contributed by atoms with E-state index in [2.05, 4.69) is 10.6 Å². The van der Waals surface area contributed by atoms with E-state index in [1.807, 2.05) is 33.8 Å². The Morgan fingerprint density at radius 3 is 2.12 bits per heavy atom. The lowest BCUT2D eigenvalue weighted by molar-refractivity contribution is -0.150. The number of aryl methyl sites for hydroxylation is 2. The smallest absolute Gasteiger partial charge is 0.344 e. The summed E-state index contributed by atoms with van der Waals surface area (Å²) in [6, 6.07) is 9.63. The van der Waals surface area contributed by atoms with Gasteiger partial charge in [0.05, 0.1) is 13.2 Å². The zero-order valence-electron chi connectivity index (χ0n) is 18.7. The number of anilines is 1. The van der Waals surface area contributed by atoms with Gasteiger partial charge in [-0.3, -0.25) is 10.1 Å². The molecule has 0 heterocycles. The van der Waals surface area contributed by atoms with Crippen molar-refractivity contribution >= 4 is 23.6 Å². The molecule has 2 rings (SSSR count). The highest BCUT2D eigenvalue weighted by molar-refractivity contribution is 6.02. The van der Waals surface area contributed by atoms with Gasteiger partial charge in [0.15, 0.2) is 24.7 Å². The Labute approximate surface area is 187 Å². The molecule has 2 aromatic rings. The lowest BCUT2D eigenvalue weighted by Gasteiger charge is -2.13. The molecule has 0 saturated carbocycles. The topological polar surface area (TPSA) is 112 Å². The Kier molecular flexibility index (Phi) is 9.34. The minimum atomic E-state index is -0.779. The largest absolute Gasteiger partial charge is 0.490 e. The molecule has 0 aliphatic rings. The summed E-state index contributed by atoms with van der Waals surface area (Å²) in [4.78, 5) is 35.7. The molecule has 0 radical (unpaired) electrons. The predicted molar refractivity (Wildman–Crippen MR) is 118 cm³/mol. The maximum Gasteiger partial charge on any atom is 0.344 e. The lowest BCUT2D eigenvalue weighted by atomic mass is 10.1. The molecule has 0 unspecified atom stereocenters. The summed E-state index contributed by atoms with van der Waals surface area (Å²) in [5.74, 6) is 0.0402. The van der Waals surface area contributed by atoms with Crippen molar-refractivity contribution in [1.29, 1.82) is 0 Å². The SMILES string of the molecule is CCOc1ccc(NC(=O)NC(=O)COC(=O)COc2cc(C)cc(C)c2)cc1OCC. The number of nitrogens with one attached hydrogen (secondary N) is 2. The van der Waals surface area contributed by atoms with Crippen molar-refractivity contribution in [2.45, 2.75) is 27.7 Å². The molecule has 0 aromatic heterocycles. The zero-order valence-corrected chi connectivity index (χ0v) is 18.7. The van der Waals surface area contributed by atoms with Crippen molar-refractivity contribution in [3.8, 4) is 17.2 Å². The molecule has 0 atom stereocenters. The van der Waals surface area contributed by atoms with E-state index in [1.165, 1.54) is 0 Å². The van der Waals surface area contributed by atoms with Gasteiger partial charge in [0.25, 0.3) is 5.91 Å². The highest BCUT2D eigenvalue weighted by Gasteiger charge is 2.13. The third kappa shape index (κ3) is 8.17. The van der Waals surface area contributed by atoms with E-state index in [1.54, 1.807) is 30.3 Å². The van der Waals surface area contributed by atoms with Gasteiger partial charge in [-0.25, -0.2) is 9.59 Å². The van der Waals surface area contributed by atoms with Crippen LogP contribution in [0.3, 0.4) is 0 Å². The third-order valence-electron chi connectivity index (χ3n) is 3.97. The number of urea groups is 1. The monoisotopic (exact) mass is 444 g/mol. The van der Waals surface area contributed by atoms with Crippen LogP contribution >= 0.6 is 0 Å². The van der Waals surface area contributed by atoms with Gasteiger partial charge < -0.3 is 24.3 Å². The van der Waals surface area contributed by atoms with Crippen molar-refractivity contribution in [2.24, 2.45) is 0 Å². The van der Waals surface area contributed by atoms with Gasteiger partial charge in [0.1, 0.15) is 5.75 Å². The van der Waals surface area contributed by atoms with Crippen LogP contribution in [0.4, 0.5) is 10.5 Å². The fourth-order valence-corrected chi connectivity index (χ4v) is 2.80. The maximum atomic E-state index is 12.0. The third-order valence-corrected chi connectivity index (χ3v) is 3.97. The van der Waals surface area contributed by atoms with Crippen LogP contribution in [0.1, 0.15) is 25.0 Å². The second-order valence-corrected chi connectivity index (χ2v) is 6.80. The van der Waals surface area contributed by atoms with Gasteiger partial charge in [0.2, 0.25) is 0 Å². The van der Waals surface area contributed by atoms with Crippen LogP contribution < -0.4 is 24.8 Å². The molecule has 0 fully saturated rings. The second kappa shape index (κ2) is 12.2. The van der Waals surface area contributed by atoms with Gasteiger partial charge in [-0.1, -0.05) is 6.07 Å². The minimum absolute atomic E-state index is 0.352. The Hall–Kier alpha value is -3.75. The summed E-state index contributed by atoms with van der Waals surface area (Å²) in [6.45, 7) is 7.43. The van der Waals surface area contributed by atoms with E-state index in [-0.39, 0.29) is 6.61 Å². The van der Waals surface area contributed by atoms with E-state index < -0.39 is 24.5 Å². The van der Waals surface area contributed by atoms with Gasteiger partial charge >= 0.3 is 12.0 Å². The lowest BCUT2D eigenvalue weighted by Crippen LogP contribution is -2.37. The molecule has 0 aliphatic heterocycles. The molecule has 0 spiro atoms. The Morgan fingerprint density at radius 2 is 1.47 bits per heavy atom. The number of carbonyl (C=O) groups is 3. The van der Waals surface area contributed by atoms with E-state index in [4.69, 9.17) is 18.9 Å². The van der Waals surface area contributed by atoms with E-state index in [9.17, 15) is 14.4 Å². The number of esters is 1. The average Bonchev–Trinajstić information content (AvgIpc) is 2.72. The fraction of sp³-hybridized carbons (Fsp3) is 0.348. The van der Waals surface area contributed by atoms with Crippen molar-refractivity contribution in [2.75, 3.05) is 31.7 Å². The first-order chi connectivity index (χ1) is 15.3. The molecular weight excluding hydrogens is 416 g/mol. The molecule has 2 N–H and O–H groups in total. The van der Waals surface area contributed by atoms with Gasteiger partial charge in [-0.05, 0) is 63.1 Å². The van der Waals surface area contributed by atoms with Crippen molar-refractivity contribution in [1.82, 2.24) is 5.32 Å². The molecule has 0 bridgehead atoms. The van der Waals surface area contributed by atoms with Crippen molar-refractivity contribution in [3.05, 3.63) is 47.5 Å². The molecule has 172 valence electrons. The number of benzene rings is 2. The molecule has 32 heavy (non-hydrogen) atoms. The van der Waals surface area contributed by atoms with Crippen LogP contribution in [-0.4, -0.2) is 44.3 Å². The number of amides is 3. The number of rotatable bonds is 10. The minimum Gasteiger partial charge on any atom is -0.490 e. The van der Waals surface area contributed by atoms with Crippen LogP contribution in [-0.2, 0) is 14.3 Å². The predicted octanol–water partition coefficient (Wildman–Crippen LogP) is 3.37. The maximum absolute atomic E-state index is 12.0. The summed E-state index contributed by atoms with van der Waals surface area (Å²) in [7, 11) is 0. The quantitative estimate of drug-likeness (QED) is 0.540. The van der Waals surface area contributed by atoms with E-state index >= 15 is 0 Å². The van der Waals surface area contributed by atoms with E-state index in [0.29, 0.717) is 36.1 Å². The van der Waals surface area contributed by atoms with Gasteiger partial charge in [-0.2, -0.15) is 0 Å². The number of hydrogen-bond acceptors (Lipinski definition) is 7. The standard InChI is InChI=1S/C23H28N2O7/c1-5-29-19-8-7-17(12-20(19)30-6-2)24-23(28)25-21(26)13-32-22(27)14-31-18-10-15(3)9-16(4)11-18/h7-12H,5-6,13-14H2,1-4H3,(H2,24,25,26,28). The summed E-state index contributed by atoms with van der Waals surface area (Å²) < 4.78 is 21.2. The highest BCUT2D eigenvalue weighted by atomic mass is 16.6. The molecule has 3 amide bonds. The fourth-order valence-electron chi connectivity index (χ4n) is 2.80. The van der Waals surface area contributed by atoms with Crippen molar-refractivity contribution in [3.63, 3.8) is 0 Å². The van der Waals surface area contributed by atoms with Crippen molar-refractivity contribution < 1.29 is 33.3 Å². The normalized spacial score (nSPS) is 10.1. The average molecular weight is 444 g/mol. The highest BCUT2D eigenvalue weighted by Crippen LogP contribution is 2.30. The van der Waals surface area contributed by atoms with Crippen LogP contribution in [0, 0.1) is 13.8 Å². The molecule has 0 aliphatic carbocycles. The summed E-state index contributed by atoms with van der Waals surface area (Å²) in [5.41, 5.74) is 2.40. The molecule has 2 aromatic carbocycles. The van der Waals surface area contributed by atoms with Crippen LogP contribution in [0.2, 0.25) is 0 Å². The number of imide groups is 1. The van der Waals surface area contributed by atoms with Gasteiger partial charge in [-0.15, -0.1) is 0 Å². The first-order valence-corrected chi connectivity index (χ1v) is 10.2. The molecule has 9 heteroatoms. The van der Waals surface area contributed by atoms with Crippen LogP contribution in [0.15, 0.2) is 36.4 Å². The Bertz CT molecular complexity index is 939. The molecule has 0 saturated heterocycles. The Morgan fingerprint density at radius 1 is 0.812 bits per heavy atom. The number of hydrogen-bond donors (Lipinski definition) is 2. The Balaban J connectivity index is 1.78. The molecule has 9 nitrogen and oxygen atoms in total. The van der Waals surface area contributed by atoms with Gasteiger partial charge in [0, 0.05) is 11.8 Å². The first-order valence-electron chi connectivity index (χ1n) is 10.2. The zero-order chi connectivity index (χ0) is 23.5. The second-order valence-electron chi connectivity index (χ2n) is 6.80. The number of ether oxygens (including phenoxy) is 4. The summed E-state index contributed by atoms with van der Waals surface area (Å²) in [5, 5.41) is 4.60. The molecular formula is C23H28N2O7. The van der Waals surface area contributed by atoms with Crippen LogP contribution in [0.25, 0.3) is 0 Å². The summed E-state index contributed by atoms with van der Waals surface area (Å²) in [6.07, 6.45) is 0. The van der Waals surface area contributed by atoms with Crippen LogP contribution in [0.5, 0.6) is 17.2 Å². The number of carbonyl (C=O) groups excluding carboxylic acids is 3. The van der Waals surface area contributed by atoms with E-state index in [0.717, 1.165) is 11.1 Å².